The van der Waals surface area contributed by atoms with Gasteiger partial charge in [0.1, 0.15) is 0 Å². The second-order valence-electron chi connectivity index (χ2n) is 7.64. The van der Waals surface area contributed by atoms with E-state index >= 15 is 0 Å². The number of hydrogen-bond acceptors (Lipinski definition) is 3. The lowest BCUT2D eigenvalue weighted by Crippen LogP contribution is -2.38. The zero-order chi connectivity index (χ0) is 15.0. The van der Waals surface area contributed by atoms with Gasteiger partial charge in [-0.2, -0.15) is 0 Å². The first-order valence-corrected chi connectivity index (χ1v) is 8.78. The van der Waals surface area contributed by atoms with Gasteiger partial charge in [-0.3, -0.25) is 4.57 Å². The summed E-state index contributed by atoms with van der Waals surface area (Å²) >= 11 is 5.48. The zero-order valence-corrected chi connectivity index (χ0v) is 14.4. The molecule has 5 heteroatoms. The van der Waals surface area contributed by atoms with Crippen molar-refractivity contribution in [1.82, 2.24) is 14.8 Å². The minimum absolute atomic E-state index is 0.507. The molecule has 21 heavy (non-hydrogen) atoms. The molecule has 0 spiro atoms. The molecular formula is C16H28N4S. The summed E-state index contributed by atoms with van der Waals surface area (Å²) in [7, 11) is 2.19. The van der Waals surface area contributed by atoms with Crippen LogP contribution < -0.4 is 4.90 Å². The van der Waals surface area contributed by atoms with Crippen molar-refractivity contribution >= 4 is 18.2 Å². The third-order valence-corrected chi connectivity index (χ3v) is 5.84. The molecule has 0 aromatic carbocycles. The van der Waals surface area contributed by atoms with Gasteiger partial charge >= 0.3 is 0 Å². The van der Waals surface area contributed by atoms with Crippen LogP contribution in [0.3, 0.4) is 0 Å². The molecule has 0 unspecified atom stereocenters. The number of nitrogens with one attached hydrogen (secondary N) is 1. The van der Waals surface area contributed by atoms with Crippen molar-refractivity contribution < 1.29 is 0 Å². The Morgan fingerprint density at radius 2 is 1.81 bits per heavy atom. The number of nitrogens with zero attached hydrogens (tertiary/aromatic N) is 3. The molecule has 4 nitrogen and oxygen atoms in total. The van der Waals surface area contributed by atoms with Crippen molar-refractivity contribution in [2.45, 2.75) is 77.3 Å². The predicted molar refractivity (Wildman–Crippen MR) is 89.4 cm³/mol. The molecule has 1 aromatic rings. The number of aromatic nitrogens is 3. The molecule has 0 amide bonds. The Balaban J connectivity index is 1.79. The first-order chi connectivity index (χ1) is 9.98. The van der Waals surface area contributed by atoms with E-state index < -0.39 is 0 Å². The summed E-state index contributed by atoms with van der Waals surface area (Å²) in [4.78, 5) is 2.37. The number of H-pyrrole nitrogens is 1. The third-order valence-electron chi connectivity index (χ3n) is 5.55. The summed E-state index contributed by atoms with van der Waals surface area (Å²) < 4.78 is 3.07. The maximum absolute atomic E-state index is 5.48. The molecule has 1 N–H and O–H groups in total. The van der Waals surface area contributed by atoms with E-state index in [1.807, 2.05) is 0 Å². The molecule has 2 saturated carbocycles. The summed E-state index contributed by atoms with van der Waals surface area (Å²) in [6.45, 7) is 4.77. The fourth-order valence-electron chi connectivity index (χ4n) is 3.97. The highest BCUT2D eigenvalue weighted by Crippen LogP contribution is 2.38. The van der Waals surface area contributed by atoms with Gasteiger partial charge in [-0.1, -0.05) is 26.7 Å². The Hall–Kier alpha value is -0.840. The Kier molecular flexibility index (Phi) is 4.12. The molecule has 1 heterocycles. The minimum atomic E-state index is 0.507. The van der Waals surface area contributed by atoms with Gasteiger partial charge in [0.15, 0.2) is 4.77 Å². The van der Waals surface area contributed by atoms with Crippen LogP contribution in [0.2, 0.25) is 0 Å². The fraction of sp³-hybridized carbons (Fsp3) is 0.875. The molecule has 0 atom stereocenters. The van der Waals surface area contributed by atoms with Crippen LogP contribution in [0.1, 0.15) is 71.3 Å². The van der Waals surface area contributed by atoms with Gasteiger partial charge in [0.2, 0.25) is 5.95 Å². The lowest BCUT2D eigenvalue weighted by atomic mass is 9.75. The molecule has 0 bridgehead atoms. The Morgan fingerprint density at radius 3 is 2.43 bits per heavy atom. The normalized spacial score (nSPS) is 23.6. The molecule has 2 aliphatic rings. The van der Waals surface area contributed by atoms with Crippen molar-refractivity contribution in [3.8, 4) is 0 Å². The lowest BCUT2D eigenvalue weighted by Gasteiger charge is -2.39. The van der Waals surface area contributed by atoms with Crippen molar-refractivity contribution in [2.75, 3.05) is 11.9 Å². The molecule has 3 rings (SSSR count). The van der Waals surface area contributed by atoms with Crippen molar-refractivity contribution in [1.29, 1.82) is 0 Å². The van der Waals surface area contributed by atoms with Crippen molar-refractivity contribution in [3.63, 3.8) is 0 Å². The highest BCUT2D eigenvalue weighted by atomic mass is 32.1. The first-order valence-electron chi connectivity index (χ1n) is 8.38. The average molecular weight is 308 g/mol. The van der Waals surface area contributed by atoms with E-state index in [9.17, 15) is 0 Å². The topological polar surface area (TPSA) is 36.9 Å². The Morgan fingerprint density at radius 1 is 1.19 bits per heavy atom. The lowest BCUT2D eigenvalue weighted by molar-refractivity contribution is 0.221. The SMILES string of the molecule is CN(c1n[nH]c(=S)n1C1CCCC1)C1CCC(C)(C)CC1. The molecule has 0 aliphatic heterocycles. The second-order valence-corrected chi connectivity index (χ2v) is 8.03. The van der Waals surface area contributed by atoms with E-state index in [1.54, 1.807) is 0 Å². The van der Waals surface area contributed by atoms with Crippen LogP contribution in [0, 0.1) is 10.2 Å². The maximum Gasteiger partial charge on any atom is 0.225 e. The standard InChI is InChI=1S/C16H28N4S/c1-16(2)10-8-12(9-11-16)19(3)14-17-18-15(21)20(14)13-6-4-5-7-13/h12-13H,4-11H2,1-3H3,(H,18,21). The largest absolute Gasteiger partial charge is 0.341 e. The van der Waals surface area contributed by atoms with Gasteiger partial charge in [-0.15, -0.1) is 5.10 Å². The van der Waals surface area contributed by atoms with Gasteiger partial charge < -0.3 is 4.90 Å². The molecule has 2 aliphatic carbocycles. The zero-order valence-electron chi connectivity index (χ0n) is 13.6. The first kappa shape index (κ1) is 15.1. The number of anilines is 1. The highest BCUT2D eigenvalue weighted by molar-refractivity contribution is 7.71. The summed E-state index contributed by atoms with van der Waals surface area (Å²) in [6.07, 6.45) is 10.2. The van der Waals surface area contributed by atoms with E-state index in [1.165, 1.54) is 51.4 Å². The quantitative estimate of drug-likeness (QED) is 0.838. The van der Waals surface area contributed by atoms with Crippen LogP contribution in [-0.4, -0.2) is 27.9 Å². The summed E-state index contributed by atoms with van der Waals surface area (Å²) in [5.74, 6) is 1.05. The smallest absolute Gasteiger partial charge is 0.225 e. The third kappa shape index (κ3) is 3.03. The second kappa shape index (κ2) is 5.75. The van der Waals surface area contributed by atoms with Gasteiger partial charge in [-0.25, -0.2) is 5.10 Å². The maximum atomic E-state index is 5.48. The van der Waals surface area contributed by atoms with Crippen LogP contribution in [0.5, 0.6) is 0 Å². The van der Waals surface area contributed by atoms with Gasteiger partial charge in [0.25, 0.3) is 0 Å². The molecule has 0 saturated heterocycles. The van der Waals surface area contributed by atoms with E-state index in [2.05, 4.69) is 40.6 Å². The number of aromatic amines is 1. The van der Waals surface area contributed by atoms with E-state index in [0.29, 0.717) is 17.5 Å². The van der Waals surface area contributed by atoms with Gasteiger partial charge in [-0.05, 0) is 56.2 Å². The summed E-state index contributed by atoms with van der Waals surface area (Å²) in [6, 6.07) is 1.15. The fourth-order valence-corrected chi connectivity index (χ4v) is 4.25. The van der Waals surface area contributed by atoms with E-state index in [0.717, 1.165) is 10.7 Å². The van der Waals surface area contributed by atoms with Gasteiger partial charge in [0.05, 0.1) is 0 Å². The molecule has 2 fully saturated rings. The monoisotopic (exact) mass is 308 g/mol. The Bertz CT molecular complexity index is 529. The minimum Gasteiger partial charge on any atom is -0.341 e. The number of rotatable bonds is 3. The molecule has 118 valence electrons. The van der Waals surface area contributed by atoms with Crippen LogP contribution in [0.15, 0.2) is 0 Å². The molecule has 0 radical (unpaired) electrons. The molecule has 1 aromatic heterocycles. The summed E-state index contributed by atoms with van der Waals surface area (Å²) in [5.41, 5.74) is 0.507. The summed E-state index contributed by atoms with van der Waals surface area (Å²) in [5, 5.41) is 7.57. The van der Waals surface area contributed by atoms with Crippen LogP contribution in [-0.2, 0) is 0 Å². The van der Waals surface area contributed by atoms with E-state index in [4.69, 9.17) is 12.2 Å². The highest BCUT2D eigenvalue weighted by Gasteiger charge is 2.31. The van der Waals surface area contributed by atoms with Crippen molar-refractivity contribution in [3.05, 3.63) is 4.77 Å². The predicted octanol–water partition coefficient (Wildman–Crippen LogP) is 4.46. The Labute approximate surface area is 132 Å². The van der Waals surface area contributed by atoms with Crippen LogP contribution in [0.4, 0.5) is 5.95 Å². The van der Waals surface area contributed by atoms with Crippen LogP contribution >= 0.6 is 12.2 Å². The average Bonchev–Trinajstić information content (AvgIpc) is 3.06. The van der Waals surface area contributed by atoms with Crippen LogP contribution in [0.25, 0.3) is 0 Å². The molecular weight excluding hydrogens is 280 g/mol. The van der Waals surface area contributed by atoms with Gasteiger partial charge in [0, 0.05) is 19.1 Å². The van der Waals surface area contributed by atoms with E-state index in [-0.39, 0.29) is 0 Å². The number of hydrogen-bond donors (Lipinski definition) is 1. The van der Waals surface area contributed by atoms with Crippen molar-refractivity contribution in [2.24, 2.45) is 5.41 Å².